The van der Waals surface area contributed by atoms with Gasteiger partial charge >= 0.3 is 0 Å². The first-order valence-corrected chi connectivity index (χ1v) is 6.82. The lowest BCUT2D eigenvalue weighted by Crippen LogP contribution is -2.56. The fourth-order valence-corrected chi connectivity index (χ4v) is 2.72. The summed E-state index contributed by atoms with van der Waals surface area (Å²) in [5.41, 5.74) is 0.285. The van der Waals surface area contributed by atoms with Crippen LogP contribution in [0.2, 0.25) is 5.02 Å². The predicted molar refractivity (Wildman–Crippen MR) is 73.8 cm³/mol. The van der Waals surface area contributed by atoms with Gasteiger partial charge in [-0.1, -0.05) is 17.7 Å². The summed E-state index contributed by atoms with van der Waals surface area (Å²) in [5.74, 6) is -0.496. The minimum absolute atomic E-state index is 0.0188. The molecule has 1 aromatic carbocycles. The van der Waals surface area contributed by atoms with E-state index in [9.17, 15) is 9.18 Å². The summed E-state index contributed by atoms with van der Waals surface area (Å²) < 4.78 is 13.7. The Morgan fingerprint density at radius 2 is 2.05 bits per heavy atom. The highest BCUT2D eigenvalue weighted by Gasteiger charge is 2.25. The first-order chi connectivity index (χ1) is 8.97. The van der Waals surface area contributed by atoms with Crippen molar-refractivity contribution in [2.45, 2.75) is 32.4 Å². The number of rotatable bonds is 2. The van der Waals surface area contributed by atoms with Crippen LogP contribution in [0.3, 0.4) is 0 Å². The molecule has 0 spiro atoms. The number of nitrogens with one attached hydrogen (secondary N) is 1. The van der Waals surface area contributed by atoms with Crippen molar-refractivity contribution < 1.29 is 9.18 Å². The summed E-state index contributed by atoms with van der Waals surface area (Å²) in [5, 5.41) is 3.67. The minimum atomic E-state index is -0.419. The maximum Gasteiger partial charge on any atom is 0.227 e. The molecule has 1 aliphatic rings. The van der Waals surface area contributed by atoms with E-state index in [1.807, 2.05) is 13.8 Å². The van der Waals surface area contributed by atoms with E-state index in [1.54, 1.807) is 17.0 Å². The van der Waals surface area contributed by atoms with Gasteiger partial charge in [0.25, 0.3) is 0 Å². The van der Waals surface area contributed by atoms with Crippen molar-refractivity contribution in [1.29, 1.82) is 0 Å². The van der Waals surface area contributed by atoms with Crippen molar-refractivity contribution in [2.75, 3.05) is 13.1 Å². The Kier molecular flexibility index (Phi) is 4.42. The average Bonchev–Trinajstić information content (AvgIpc) is 2.32. The predicted octanol–water partition coefficient (Wildman–Crippen LogP) is 2.23. The second kappa shape index (κ2) is 5.88. The third kappa shape index (κ3) is 3.45. The fraction of sp³-hybridized carbons (Fsp3) is 0.500. The van der Waals surface area contributed by atoms with Crippen LogP contribution in [0.15, 0.2) is 18.2 Å². The number of carbonyl (C=O) groups is 1. The van der Waals surface area contributed by atoms with Gasteiger partial charge in [0.05, 0.1) is 6.42 Å². The summed E-state index contributed by atoms with van der Waals surface area (Å²) >= 11 is 5.95. The number of halogens is 2. The number of hydrogen-bond donors (Lipinski definition) is 1. The molecule has 2 unspecified atom stereocenters. The largest absolute Gasteiger partial charge is 0.339 e. The zero-order chi connectivity index (χ0) is 14.0. The second-order valence-corrected chi connectivity index (χ2v) is 5.55. The number of hydrogen-bond acceptors (Lipinski definition) is 2. The summed E-state index contributed by atoms with van der Waals surface area (Å²) in [4.78, 5) is 14.0. The van der Waals surface area contributed by atoms with Gasteiger partial charge in [-0.05, 0) is 26.0 Å². The summed E-state index contributed by atoms with van der Waals surface area (Å²) in [7, 11) is 0. The van der Waals surface area contributed by atoms with Crippen LogP contribution in [0.5, 0.6) is 0 Å². The molecule has 1 aromatic rings. The van der Waals surface area contributed by atoms with Gasteiger partial charge in [-0.15, -0.1) is 0 Å². The zero-order valence-electron chi connectivity index (χ0n) is 11.1. The Morgan fingerprint density at radius 1 is 1.42 bits per heavy atom. The Balaban J connectivity index is 2.08. The first kappa shape index (κ1) is 14.3. The molecule has 2 atom stereocenters. The van der Waals surface area contributed by atoms with E-state index in [0.29, 0.717) is 18.1 Å². The first-order valence-electron chi connectivity index (χ1n) is 6.44. The third-order valence-corrected chi connectivity index (χ3v) is 3.65. The molecule has 5 heteroatoms. The number of carbonyl (C=O) groups excluding carboxylic acids is 1. The highest BCUT2D eigenvalue weighted by molar-refractivity contribution is 6.31. The molecular formula is C14H18ClFN2O. The lowest BCUT2D eigenvalue weighted by atomic mass is 10.1. The Morgan fingerprint density at radius 3 is 2.63 bits per heavy atom. The van der Waals surface area contributed by atoms with Crippen molar-refractivity contribution in [3.05, 3.63) is 34.6 Å². The number of amides is 1. The SMILES string of the molecule is CC1CN(C(=O)Cc2c(F)cccc2Cl)CC(C)N1. The molecule has 1 aliphatic heterocycles. The van der Waals surface area contributed by atoms with E-state index >= 15 is 0 Å². The molecule has 19 heavy (non-hydrogen) atoms. The molecule has 0 bridgehead atoms. The van der Waals surface area contributed by atoms with Crippen molar-refractivity contribution >= 4 is 17.5 Å². The van der Waals surface area contributed by atoms with E-state index in [0.717, 1.165) is 0 Å². The molecule has 1 heterocycles. The van der Waals surface area contributed by atoms with E-state index < -0.39 is 5.82 Å². The van der Waals surface area contributed by atoms with Gasteiger partial charge in [0.2, 0.25) is 5.91 Å². The van der Waals surface area contributed by atoms with Gasteiger partial charge in [0, 0.05) is 35.8 Å². The van der Waals surface area contributed by atoms with Crippen LogP contribution in [0.25, 0.3) is 0 Å². The Bertz CT molecular complexity index is 450. The molecular weight excluding hydrogens is 267 g/mol. The highest BCUT2D eigenvalue weighted by atomic mass is 35.5. The van der Waals surface area contributed by atoms with Crippen molar-refractivity contribution in [2.24, 2.45) is 0 Å². The quantitative estimate of drug-likeness (QED) is 0.903. The van der Waals surface area contributed by atoms with Crippen molar-refractivity contribution in [3.63, 3.8) is 0 Å². The van der Waals surface area contributed by atoms with Crippen LogP contribution < -0.4 is 5.32 Å². The summed E-state index contributed by atoms with van der Waals surface area (Å²) in [6.45, 7) is 5.36. The van der Waals surface area contributed by atoms with Gasteiger partial charge in [0.15, 0.2) is 0 Å². The number of benzene rings is 1. The Hall–Kier alpha value is -1.13. The summed E-state index contributed by atoms with van der Waals surface area (Å²) in [6.07, 6.45) is 0.0188. The molecule has 104 valence electrons. The Labute approximate surface area is 117 Å². The third-order valence-electron chi connectivity index (χ3n) is 3.30. The maximum absolute atomic E-state index is 13.7. The molecule has 2 rings (SSSR count). The molecule has 0 aliphatic carbocycles. The molecule has 1 saturated heterocycles. The number of nitrogens with zero attached hydrogens (tertiary/aromatic N) is 1. The van der Waals surface area contributed by atoms with E-state index in [4.69, 9.17) is 11.6 Å². The standard InChI is InChI=1S/C14H18ClFN2O/c1-9-7-18(8-10(2)17-9)14(19)6-11-12(15)4-3-5-13(11)16/h3-5,9-10,17H,6-8H2,1-2H3. The monoisotopic (exact) mass is 284 g/mol. The van der Waals surface area contributed by atoms with Crippen LogP contribution in [0, 0.1) is 5.82 Å². The maximum atomic E-state index is 13.7. The second-order valence-electron chi connectivity index (χ2n) is 5.14. The van der Waals surface area contributed by atoms with Crippen LogP contribution in [-0.4, -0.2) is 36.0 Å². The van der Waals surface area contributed by atoms with Crippen LogP contribution >= 0.6 is 11.6 Å². The molecule has 1 N–H and O–H groups in total. The van der Waals surface area contributed by atoms with E-state index in [1.165, 1.54) is 6.07 Å². The van der Waals surface area contributed by atoms with Crippen LogP contribution in [0.4, 0.5) is 4.39 Å². The van der Waals surface area contributed by atoms with Crippen molar-refractivity contribution in [3.8, 4) is 0 Å². The molecule has 1 fully saturated rings. The van der Waals surface area contributed by atoms with Gasteiger partial charge < -0.3 is 10.2 Å². The van der Waals surface area contributed by atoms with Gasteiger partial charge in [-0.3, -0.25) is 4.79 Å². The fourth-order valence-electron chi connectivity index (χ4n) is 2.49. The molecule has 1 amide bonds. The lowest BCUT2D eigenvalue weighted by Gasteiger charge is -2.36. The highest BCUT2D eigenvalue weighted by Crippen LogP contribution is 2.20. The normalized spacial score (nSPS) is 23.5. The minimum Gasteiger partial charge on any atom is -0.339 e. The molecule has 3 nitrogen and oxygen atoms in total. The van der Waals surface area contributed by atoms with Gasteiger partial charge in [-0.2, -0.15) is 0 Å². The molecule has 0 radical (unpaired) electrons. The van der Waals surface area contributed by atoms with Crippen LogP contribution in [0.1, 0.15) is 19.4 Å². The van der Waals surface area contributed by atoms with Crippen molar-refractivity contribution in [1.82, 2.24) is 10.2 Å². The lowest BCUT2D eigenvalue weighted by molar-refractivity contribution is -0.132. The molecule has 0 saturated carbocycles. The smallest absolute Gasteiger partial charge is 0.227 e. The number of piperazine rings is 1. The van der Waals surface area contributed by atoms with E-state index in [-0.39, 0.29) is 30.0 Å². The summed E-state index contributed by atoms with van der Waals surface area (Å²) in [6, 6.07) is 4.99. The van der Waals surface area contributed by atoms with Crippen LogP contribution in [-0.2, 0) is 11.2 Å². The van der Waals surface area contributed by atoms with Gasteiger partial charge in [-0.25, -0.2) is 4.39 Å². The topological polar surface area (TPSA) is 32.3 Å². The average molecular weight is 285 g/mol. The zero-order valence-corrected chi connectivity index (χ0v) is 11.9. The molecule has 0 aromatic heterocycles. The van der Waals surface area contributed by atoms with Gasteiger partial charge in [0.1, 0.15) is 5.82 Å². The van der Waals surface area contributed by atoms with E-state index in [2.05, 4.69) is 5.32 Å².